The predicted octanol–water partition coefficient (Wildman–Crippen LogP) is 0.562. The standard InChI is InChI=1S/C11H9N5O/c12-5-2-6(13)10-8-4(3-15-9(5)8)1-7(16-10)11(14)17/h1-3H,12-13H2,(H2,14,17). The largest absolute Gasteiger partial charge is 0.397 e. The van der Waals surface area contributed by atoms with E-state index in [1.807, 2.05) is 0 Å². The molecule has 0 saturated heterocycles. The summed E-state index contributed by atoms with van der Waals surface area (Å²) in [6.07, 6.45) is 1.63. The number of primary amides is 1. The second-order valence-electron chi connectivity index (χ2n) is 3.85. The van der Waals surface area contributed by atoms with Gasteiger partial charge < -0.3 is 17.2 Å². The number of rotatable bonds is 1. The van der Waals surface area contributed by atoms with Crippen LogP contribution in [0.2, 0.25) is 0 Å². The fourth-order valence-corrected chi connectivity index (χ4v) is 1.97. The minimum atomic E-state index is -0.596. The molecule has 2 heterocycles. The van der Waals surface area contributed by atoms with Crippen molar-refractivity contribution in [1.82, 2.24) is 4.98 Å². The zero-order chi connectivity index (χ0) is 12.2. The van der Waals surface area contributed by atoms with E-state index in [1.165, 1.54) is 0 Å². The van der Waals surface area contributed by atoms with E-state index in [0.717, 1.165) is 10.9 Å². The highest BCUT2D eigenvalue weighted by atomic mass is 16.1. The SMILES string of the molecule is NC(=O)c1cc2c3c(c(N)cc(N)c3n1)N=C2. The van der Waals surface area contributed by atoms with Gasteiger partial charge in [-0.15, -0.1) is 0 Å². The summed E-state index contributed by atoms with van der Waals surface area (Å²) in [5.41, 5.74) is 19.9. The second kappa shape index (κ2) is 2.94. The highest BCUT2D eigenvalue weighted by molar-refractivity contribution is 6.17. The fraction of sp³-hybridized carbons (Fsp3) is 0. The van der Waals surface area contributed by atoms with E-state index in [4.69, 9.17) is 17.2 Å². The average Bonchev–Trinajstić information content (AvgIpc) is 2.69. The van der Waals surface area contributed by atoms with Gasteiger partial charge in [0.15, 0.2) is 0 Å². The van der Waals surface area contributed by atoms with Gasteiger partial charge in [-0.05, 0) is 12.1 Å². The van der Waals surface area contributed by atoms with Crippen LogP contribution < -0.4 is 17.2 Å². The summed E-state index contributed by atoms with van der Waals surface area (Å²) >= 11 is 0. The van der Waals surface area contributed by atoms with Gasteiger partial charge in [-0.1, -0.05) is 0 Å². The van der Waals surface area contributed by atoms with Crippen LogP contribution >= 0.6 is 0 Å². The first-order valence-electron chi connectivity index (χ1n) is 4.94. The van der Waals surface area contributed by atoms with Crippen molar-refractivity contribution in [2.45, 2.75) is 0 Å². The van der Waals surface area contributed by atoms with E-state index in [0.29, 0.717) is 22.6 Å². The van der Waals surface area contributed by atoms with E-state index in [-0.39, 0.29) is 5.69 Å². The molecule has 1 aromatic heterocycles. The summed E-state index contributed by atoms with van der Waals surface area (Å²) in [5, 5.41) is 0.771. The number of anilines is 2. The molecule has 0 fully saturated rings. The third-order valence-electron chi connectivity index (χ3n) is 2.73. The molecule has 0 radical (unpaired) electrons. The van der Waals surface area contributed by atoms with Gasteiger partial charge in [-0.3, -0.25) is 9.79 Å². The van der Waals surface area contributed by atoms with Crippen LogP contribution in [-0.4, -0.2) is 17.1 Å². The molecule has 0 unspecified atom stereocenters. The Labute approximate surface area is 96.1 Å². The Morgan fingerprint density at radius 2 is 1.94 bits per heavy atom. The third-order valence-corrected chi connectivity index (χ3v) is 2.73. The molecular weight excluding hydrogens is 218 g/mol. The summed E-state index contributed by atoms with van der Waals surface area (Å²) in [6.45, 7) is 0. The lowest BCUT2D eigenvalue weighted by Crippen LogP contribution is -2.13. The number of amides is 1. The zero-order valence-corrected chi connectivity index (χ0v) is 8.77. The Morgan fingerprint density at radius 1 is 1.18 bits per heavy atom. The maximum absolute atomic E-state index is 11.2. The van der Waals surface area contributed by atoms with E-state index < -0.39 is 5.91 Å². The first-order valence-corrected chi connectivity index (χ1v) is 4.94. The first kappa shape index (κ1) is 9.59. The van der Waals surface area contributed by atoms with Crippen molar-refractivity contribution in [3.8, 4) is 0 Å². The number of aromatic nitrogens is 1. The highest BCUT2D eigenvalue weighted by Gasteiger charge is 2.19. The van der Waals surface area contributed by atoms with E-state index in [2.05, 4.69) is 9.98 Å². The minimum Gasteiger partial charge on any atom is -0.397 e. The lowest BCUT2D eigenvalue weighted by molar-refractivity contribution is 0.0996. The van der Waals surface area contributed by atoms with Gasteiger partial charge in [0.1, 0.15) is 5.69 Å². The Morgan fingerprint density at radius 3 is 2.65 bits per heavy atom. The van der Waals surface area contributed by atoms with Gasteiger partial charge >= 0.3 is 0 Å². The van der Waals surface area contributed by atoms with Crippen LogP contribution in [-0.2, 0) is 0 Å². The summed E-state index contributed by atoms with van der Waals surface area (Å²) in [7, 11) is 0. The number of nitrogens with two attached hydrogens (primary N) is 3. The lowest BCUT2D eigenvalue weighted by Gasteiger charge is -2.07. The molecule has 0 bridgehead atoms. The van der Waals surface area contributed by atoms with Crippen molar-refractivity contribution in [2.24, 2.45) is 10.7 Å². The normalized spacial score (nSPS) is 12.2. The Balaban J connectivity index is 2.50. The molecule has 17 heavy (non-hydrogen) atoms. The number of pyridine rings is 1. The van der Waals surface area contributed by atoms with Crippen LogP contribution in [0.5, 0.6) is 0 Å². The first-order chi connectivity index (χ1) is 8.08. The summed E-state index contributed by atoms with van der Waals surface area (Å²) < 4.78 is 0. The molecule has 0 spiro atoms. The summed E-state index contributed by atoms with van der Waals surface area (Å²) in [6, 6.07) is 3.17. The van der Waals surface area contributed by atoms with E-state index >= 15 is 0 Å². The summed E-state index contributed by atoms with van der Waals surface area (Å²) in [4.78, 5) is 19.5. The highest BCUT2D eigenvalue weighted by Crippen LogP contribution is 2.40. The molecule has 0 aliphatic carbocycles. The van der Waals surface area contributed by atoms with Crippen molar-refractivity contribution in [1.29, 1.82) is 0 Å². The van der Waals surface area contributed by atoms with Crippen LogP contribution in [0.3, 0.4) is 0 Å². The van der Waals surface area contributed by atoms with Crippen LogP contribution in [0.25, 0.3) is 10.9 Å². The van der Waals surface area contributed by atoms with Crippen molar-refractivity contribution in [2.75, 3.05) is 11.5 Å². The molecule has 6 heteroatoms. The summed E-state index contributed by atoms with van der Waals surface area (Å²) in [5.74, 6) is -0.596. The number of benzene rings is 1. The molecule has 0 saturated carbocycles. The molecule has 6 N–H and O–H groups in total. The molecular formula is C11H9N5O. The predicted molar refractivity (Wildman–Crippen MR) is 66.3 cm³/mol. The molecule has 2 aromatic rings. The van der Waals surface area contributed by atoms with Gasteiger partial charge in [-0.25, -0.2) is 4.98 Å². The quantitative estimate of drug-likeness (QED) is 0.526. The van der Waals surface area contributed by atoms with Crippen LogP contribution in [0, 0.1) is 0 Å². The number of hydrogen-bond acceptors (Lipinski definition) is 5. The number of carbonyl (C=O) groups is 1. The maximum atomic E-state index is 11.2. The smallest absolute Gasteiger partial charge is 0.267 e. The number of nitrogen functional groups attached to an aromatic ring is 2. The average molecular weight is 227 g/mol. The van der Waals surface area contributed by atoms with E-state index in [9.17, 15) is 4.79 Å². The number of carbonyl (C=O) groups excluding carboxylic acids is 1. The number of nitrogens with zero attached hydrogens (tertiary/aromatic N) is 2. The van der Waals surface area contributed by atoms with Crippen molar-refractivity contribution in [3.63, 3.8) is 0 Å². The lowest BCUT2D eigenvalue weighted by atomic mass is 10.1. The van der Waals surface area contributed by atoms with Gasteiger partial charge in [-0.2, -0.15) is 0 Å². The third kappa shape index (κ3) is 1.17. The van der Waals surface area contributed by atoms with Gasteiger partial charge in [0, 0.05) is 17.2 Å². The zero-order valence-electron chi connectivity index (χ0n) is 8.77. The number of aliphatic imine (C=N–C) groups is 1. The van der Waals surface area contributed by atoms with Crippen molar-refractivity contribution < 1.29 is 4.79 Å². The van der Waals surface area contributed by atoms with Gasteiger partial charge in [0.25, 0.3) is 5.91 Å². The van der Waals surface area contributed by atoms with Crippen LogP contribution in [0.4, 0.5) is 17.1 Å². The van der Waals surface area contributed by atoms with Crippen LogP contribution in [0.15, 0.2) is 17.1 Å². The molecule has 1 aliphatic rings. The molecule has 1 aromatic carbocycles. The molecule has 1 aliphatic heterocycles. The fourth-order valence-electron chi connectivity index (χ4n) is 1.97. The molecule has 6 nitrogen and oxygen atoms in total. The molecule has 1 amide bonds. The second-order valence-corrected chi connectivity index (χ2v) is 3.85. The maximum Gasteiger partial charge on any atom is 0.267 e. The van der Waals surface area contributed by atoms with Gasteiger partial charge in [0.05, 0.1) is 22.6 Å². The molecule has 3 rings (SSSR count). The Hall–Kier alpha value is -2.63. The Kier molecular flexibility index (Phi) is 1.66. The minimum absolute atomic E-state index is 0.170. The van der Waals surface area contributed by atoms with Crippen molar-refractivity contribution in [3.05, 3.63) is 23.4 Å². The monoisotopic (exact) mass is 227 g/mol. The molecule has 0 atom stereocenters. The van der Waals surface area contributed by atoms with E-state index in [1.54, 1.807) is 18.3 Å². The van der Waals surface area contributed by atoms with Crippen LogP contribution in [0.1, 0.15) is 16.1 Å². The van der Waals surface area contributed by atoms with Crippen molar-refractivity contribution >= 4 is 40.1 Å². The number of hydrogen-bond donors (Lipinski definition) is 3. The van der Waals surface area contributed by atoms with Gasteiger partial charge in [0.2, 0.25) is 0 Å². The Bertz CT molecular complexity index is 705. The molecule has 84 valence electrons. The topological polar surface area (TPSA) is 120 Å².